The Hall–Kier alpha value is -2.17. The monoisotopic (exact) mass is 288 g/mol. The van der Waals surface area contributed by atoms with Gasteiger partial charge in [-0.25, -0.2) is 4.79 Å². The fourth-order valence-corrected chi connectivity index (χ4v) is 2.21. The topological polar surface area (TPSA) is 67.8 Å². The molecule has 5 heteroatoms. The molecule has 1 aromatic carbocycles. The predicted octanol–water partition coefficient (Wildman–Crippen LogP) is 2.07. The Morgan fingerprint density at radius 1 is 1.38 bits per heavy atom. The van der Waals surface area contributed by atoms with Crippen molar-refractivity contribution in [2.75, 3.05) is 7.11 Å². The highest BCUT2D eigenvalue weighted by Crippen LogP contribution is 2.28. The highest BCUT2D eigenvalue weighted by Gasteiger charge is 2.42. The smallest absolute Gasteiger partial charge is 0.338 e. The van der Waals surface area contributed by atoms with Gasteiger partial charge in [0.15, 0.2) is 0 Å². The molecule has 1 heterocycles. The number of aliphatic imine (C=N–C) groups is 1. The van der Waals surface area contributed by atoms with E-state index in [0.717, 1.165) is 5.56 Å². The average Bonchev–Trinajstić information content (AvgIpc) is 2.75. The first-order valence-corrected chi connectivity index (χ1v) is 6.90. The third-order valence-corrected chi connectivity index (χ3v) is 4.00. The molecule has 112 valence electrons. The number of esters is 1. The maximum Gasteiger partial charge on any atom is 0.338 e. The Labute approximate surface area is 124 Å². The molecule has 0 saturated carbocycles. The lowest BCUT2D eigenvalue weighted by Crippen LogP contribution is -2.41. The van der Waals surface area contributed by atoms with Crippen molar-refractivity contribution in [2.24, 2.45) is 10.9 Å². The summed E-state index contributed by atoms with van der Waals surface area (Å²) in [5, 5.41) is 2.79. The molecule has 5 nitrogen and oxygen atoms in total. The van der Waals surface area contributed by atoms with Gasteiger partial charge in [0, 0.05) is 5.56 Å². The van der Waals surface area contributed by atoms with Crippen molar-refractivity contribution >= 4 is 17.7 Å². The summed E-state index contributed by atoms with van der Waals surface area (Å²) in [7, 11) is 1.33. The number of carbonyl (C=O) groups excluding carboxylic acids is 2. The second-order valence-corrected chi connectivity index (χ2v) is 5.76. The molecule has 1 N–H and O–H groups in total. The van der Waals surface area contributed by atoms with Crippen LogP contribution in [0.1, 0.15) is 42.3 Å². The van der Waals surface area contributed by atoms with Crippen LogP contribution in [0.4, 0.5) is 0 Å². The maximum atomic E-state index is 12.2. The number of ether oxygens (including phenoxy) is 1. The fourth-order valence-electron chi connectivity index (χ4n) is 2.21. The molecule has 1 atom stereocenters. The van der Waals surface area contributed by atoms with Crippen molar-refractivity contribution < 1.29 is 14.3 Å². The summed E-state index contributed by atoms with van der Waals surface area (Å²) in [6.07, 6.45) is 0. The maximum absolute atomic E-state index is 12.2. The number of rotatable bonds is 3. The molecule has 0 radical (unpaired) electrons. The number of methoxy groups -OCH3 is 1. The van der Waals surface area contributed by atoms with E-state index in [1.807, 2.05) is 32.9 Å². The molecule has 0 bridgehead atoms. The summed E-state index contributed by atoms with van der Waals surface area (Å²) in [6, 6.07) is 5.35. The number of amidine groups is 1. The van der Waals surface area contributed by atoms with Gasteiger partial charge in [-0.15, -0.1) is 0 Å². The first-order valence-electron chi connectivity index (χ1n) is 6.90. The van der Waals surface area contributed by atoms with E-state index >= 15 is 0 Å². The van der Waals surface area contributed by atoms with Gasteiger partial charge in [-0.2, -0.15) is 0 Å². The van der Waals surface area contributed by atoms with Crippen molar-refractivity contribution in [3.63, 3.8) is 0 Å². The third kappa shape index (κ3) is 2.55. The minimum Gasteiger partial charge on any atom is -0.465 e. The molecule has 1 amide bonds. The molecular formula is C16H20N2O3. The van der Waals surface area contributed by atoms with Crippen LogP contribution in [-0.4, -0.2) is 30.4 Å². The zero-order valence-electron chi connectivity index (χ0n) is 13.0. The van der Waals surface area contributed by atoms with Gasteiger partial charge in [-0.05, 0) is 31.9 Å². The largest absolute Gasteiger partial charge is 0.465 e. The molecule has 0 spiro atoms. The Balaban J connectivity index is 2.55. The summed E-state index contributed by atoms with van der Waals surface area (Å²) in [5.41, 5.74) is 1.16. The lowest BCUT2D eigenvalue weighted by atomic mass is 9.89. The molecule has 21 heavy (non-hydrogen) atoms. The van der Waals surface area contributed by atoms with Crippen molar-refractivity contribution in [2.45, 2.75) is 33.2 Å². The third-order valence-electron chi connectivity index (χ3n) is 4.00. The summed E-state index contributed by atoms with van der Waals surface area (Å²) in [6.45, 7) is 7.62. The molecule has 0 aromatic heterocycles. The van der Waals surface area contributed by atoms with E-state index in [-0.39, 0.29) is 11.8 Å². The lowest BCUT2D eigenvalue weighted by molar-refractivity contribution is -0.124. The van der Waals surface area contributed by atoms with Crippen LogP contribution in [0.5, 0.6) is 0 Å². The molecule has 0 aliphatic carbocycles. The van der Waals surface area contributed by atoms with Crippen LogP contribution in [0, 0.1) is 12.8 Å². The molecule has 0 unspecified atom stereocenters. The Kier molecular flexibility index (Phi) is 3.85. The number of hydrogen-bond donors (Lipinski definition) is 1. The van der Waals surface area contributed by atoms with Gasteiger partial charge in [0.05, 0.1) is 12.7 Å². The second-order valence-electron chi connectivity index (χ2n) is 5.76. The zero-order valence-corrected chi connectivity index (χ0v) is 13.0. The van der Waals surface area contributed by atoms with E-state index in [4.69, 9.17) is 4.74 Å². The van der Waals surface area contributed by atoms with Crippen LogP contribution in [0.25, 0.3) is 0 Å². The van der Waals surface area contributed by atoms with Crippen molar-refractivity contribution in [3.05, 3.63) is 34.9 Å². The van der Waals surface area contributed by atoms with Gasteiger partial charge in [-0.1, -0.05) is 25.5 Å². The lowest BCUT2D eigenvalue weighted by Gasteiger charge is -2.21. The second kappa shape index (κ2) is 5.31. The average molecular weight is 288 g/mol. The summed E-state index contributed by atoms with van der Waals surface area (Å²) in [5.74, 6) is -0.105. The molecule has 0 saturated heterocycles. The standard InChI is InChI=1S/C16H20N2O3/c1-9(2)16(4)15(20)17-13(18-16)12-8-10(3)6-7-11(12)14(19)21-5/h6-9H,1-5H3,(H,17,18,20)/t16-/m1/s1. The van der Waals surface area contributed by atoms with Crippen LogP contribution in [0.2, 0.25) is 0 Å². The summed E-state index contributed by atoms with van der Waals surface area (Å²) in [4.78, 5) is 28.6. The van der Waals surface area contributed by atoms with Gasteiger partial charge < -0.3 is 10.1 Å². The molecule has 0 fully saturated rings. The van der Waals surface area contributed by atoms with Gasteiger partial charge >= 0.3 is 5.97 Å². The molecule has 2 rings (SSSR count). The molecule has 1 aliphatic heterocycles. The predicted molar refractivity (Wildman–Crippen MR) is 80.4 cm³/mol. The first-order chi connectivity index (χ1) is 9.79. The Bertz CT molecular complexity index is 634. The van der Waals surface area contributed by atoms with E-state index in [2.05, 4.69) is 10.3 Å². The fraction of sp³-hybridized carbons (Fsp3) is 0.438. The van der Waals surface area contributed by atoms with E-state index in [9.17, 15) is 9.59 Å². The quantitative estimate of drug-likeness (QED) is 0.866. The van der Waals surface area contributed by atoms with Crippen LogP contribution in [0.3, 0.4) is 0 Å². The van der Waals surface area contributed by atoms with E-state index in [1.165, 1.54) is 7.11 Å². The van der Waals surface area contributed by atoms with Crippen LogP contribution in [0.15, 0.2) is 23.2 Å². The Morgan fingerprint density at radius 2 is 2.05 bits per heavy atom. The number of nitrogens with one attached hydrogen (secondary N) is 1. The van der Waals surface area contributed by atoms with Gasteiger partial charge in [0.1, 0.15) is 11.4 Å². The molecule has 1 aromatic rings. The highest BCUT2D eigenvalue weighted by atomic mass is 16.5. The number of aryl methyl sites for hydroxylation is 1. The van der Waals surface area contributed by atoms with Crippen LogP contribution >= 0.6 is 0 Å². The van der Waals surface area contributed by atoms with Gasteiger partial charge in [0.25, 0.3) is 5.91 Å². The molecular weight excluding hydrogens is 268 g/mol. The summed E-state index contributed by atoms with van der Waals surface area (Å²) < 4.78 is 4.80. The van der Waals surface area contributed by atoms with Crippen molar-refractivity contribution in [3.8, 4) is 0 Å². The van der Waals surface area contributed by atoms with Gasteiger partial charge in [0.2, 0.25) is 0 Å². The minimum absolute atomic E-state index is 0.0568. The first kappa shape index (κ1) is 15.2. The van der Waals surface area contributed by atoms with E-state index in [0.29, 0.717) is 17.0 Å². The number of amides is 1. The number of benzene rings is 1. The normalized spacial score (nSPS) is 21.2. The number of carbonyl (C=O) groups is 2. The van der Waals surface area contributed by atoms with E-state index in [1.54, 1.807) is 13.0 Å². The summed E-state index contributed by atoms with van der Waals surface area (Å²) >= 11 is 0. The zero-order chi connectivity index (χ0) is 15.8. The van der Waals surface area contributed by atoms with Crippen molar-refractivity contribution in [1.29, 1.82) is 0 Å². The van der Waals surface area contributed by atoms with E-state index < -0.39 is 11.5 Å². The van der Waals surface area contributed by atoms with Crippen LogP contribution in [-0.2, 0) is 9.53 Å². The minimum atomic E-state index is -0.813. The number of nitrogens with zero attached hydrogens (tertiary/aromatic N) is 1. The van der Waals surface area contributed by atoms with Crippen LogP contribution < -0.4 is 5.32 Å². The number of hydrogen-bond acceptors (Lipinski definition) is 4. The highest BCUT2D eigenvalue weighted by molar-refractivity contribution is 6.18. The Morgan fingerprint density at radius 3 is 2.57 bits per heavy atom. The SMILES string of the molecule is COC(=O)c1ccc(C)cc1C1=N[C@](C)(C(C)C)C(=O)N1. The molecule has 1 aliphatic rings. The van der Waals surface area contributed by atoms with Crippen molar-refractivity contribution in [1.82, 2.24) is 5.32 Å². The van der Waals surface area contributed by atoms with Gasteiger partial charge in [-0.3, -0.25) is 9.79 Å².